The van der Waals surface area contributed by atoms with Crippen LogP contribution in [-0.2, 0) is 9.59 Å². The van der Waals surface area contributed by atoms with E-state index >= 15 is 0 Å². The molecule has 24 heavy (non-hydrogen) atoms. The molecule has 128 valence electrons. The number of nitrogens with zero attached hydrogens (tertiary/aromatic N) is 1. The number of aliphatic carboxylic acids is 1. The van der Waals surface area contributed by atoms with Gasteiger partial charge in [-0.2, -0.15) is 0 Å². The van der Waals surface area contributed by atoms with Gasteiger partial charge in [-0.15, -0.1) is 0 Å². The van der Waals surface area contributed by atoms with Crippen molar-refractivity contribution >= 4 is 23.7 Å². The van der Waals surface area contributed by atoms with Gasteiger partial charge in [0.1, 0.15) is 6.54 Å². The molecule has 1 aromatic rings. The number of carbonyl (C=O) groups excluding carboxylic acids is 3. The average molecular weight is 332 g/mol. The number of rotatable bonds is 7. The van der Waals surface area contributed by atoms with E-state index < -0.39 is 36.2 Å². The Kier molecular flexibility index (Phi) is 5.33. The summed E-state index contributed by atoms with van der Waals surface area (Å²) in [5, 5.41) is 11.7. The number of hydrogen-bond donors (Lipinski definition) is 2. The quantitative estimate of drug-likeness (QED) is 0.729. The second-order valence-electron chi connectivity index (χ2n) is 6.21. The van der Waals surface area contributed by atoms with Gasteiger partial charge in [0.2, 0.25) is 5.91 Å². The fraction of sp³-hybridized carbons (Fsp3) is 0.412. The predicted octanol–water partition coefficient (Wildman–Crippen LogP) is 1.15. The first kappa shape index (κ1) is 17.7. The van der Waals surface area contributed by atoms with Crippen molar-refractivity contribution in [3.63, 3.8) is 0 Å². The van der Waals surface area contributed by atoms with Crippen molar-refractivity contribution in [2.45, 2.75) is 20.3 Å². The van der Waals surface area contributed by atoms with Crippen LogP contribution in [0.1, 0.15) is 41.0 Å². The van der Waals surface area contributed by atoms with Gasteiger partial charge in [0.15, 0.2) is 0 Å². The first-order valence-corrected chi connectivity index (χ1v) is 7.76. The molecule has 1 atom stereocenters. The molecule has 3 amide bonds. The molecule has 7 heteroatoms. The van der Waals surface area contributed by atoms with E-state index in [1.165, 1.54) is 12.1 Å². The van der Waals surface area contributed by atoms with Gasteiger partial charge in [-0.05, 0) is 24.5 Å². The summed E-state index contributed by atoms with van der Waals surface area (Å²) < 4.78 is 0. The number of carbonyl (C=O) groups is 4. The highest BCUT2D eigenvalue weighted by molar-refractivity contribution is 6.22. The van der Waals surface area contributed by atoms with Gasteiger partial charge in [-0.25, -0.2) is 0 Å². The monoisotopic (exact) mass is 332 g/mol. The molecule has 2 rings (SSSR count). The molecule has 0 fully saturated rings. The fourth-order valence-corrected chi connectivity index (χ4v) is 2.66. The molecular formula is C17H20N2O5. The Morgan fingerprint density at radius 1 is 1.12 bits per heavy atom. The molecular weight excluding hydrogens is 312 g/mol. The van der Waals surface area contributed by atoms with E-state index in [1.807, 2.05) is 13.8 Å². The van der Waals surface area contributed by atoms with Crippen LogP contribution in [0, 0.1) is 11.8 Å². The maximum Gasteiger partial charge on any atom is 0.308 e. The average Bonchev–Trinajstić information content (AvgIpc) is 2.76. The normalized spacial score (nSPS) is 14.7. The molecule has 0 saturated carbocycles. The number of hydrogen-bond acceptors (Lipinski definition) is 4. The van der Waals surface area contributed by atoms with Crippen LogP contribution >= 0.6 is 0 Å². The minimum absolute atomic E-state index is 0.0322. The molecule has 1 heterocycles. The lowest BCUT2D eigenvalue weighted by Crippen LogP contribution is -2.42. The largest absolute Gasteiger partial charge is 0.481 e. The van der Waals surface area contributed by atoms with Crippen LogP contribution < -0.4 is 5.32 Å². The highest BCUT2D eigenvalue weighted by atomic mass is 16.4. The molecule has 0 bridgehead atoms. The van der Waals surface area contributed by atoms with E-state index in [0.29, 0.717) is 6.42 Å². The minimum Gasteiger partial charge on any atom is -0.481 e. The van der Waals surface area contributed by atoms with Crippen LogP contribution in [0.15, 0.2) is 24.3 Å². The van der Waals surface area contributed by atoms with E-state index in [0.717, 1.165) is 4.90 Å². The van der Waals surface area contributed by atoms with Gasteiger partial charge in [-0.3, -0.25) is 24.1 Å². The summed E-state index contributed by atoms with van der Waals surface area (Å²) >= 11 is 0. The van der Waals surface area contributed by atoms with E-state index in [9.17, 15) is 19.2 Å². The molecule has 0 aromatic heterocycles. The van der Waals surface area contributed by atoms with E-state index in [1.54, 1.807) is 12.1 Å². The third kappa shape index (κ3) is 3.79. The highest BCUT2D eigenvalue weighted by Crippen LogP contribution is 2.21. The van der Waals surface area contributed by atoms with Gasteiger partial charge in [-0.1, -0.05) is 26.0 Å². The summed E-state index contributed by atoms with van der Waals surface area (Å²) in [5.41, 5.74) is 0.553. The van der Waals surface area contributed by atoms with Crippen molar-refractivity contribution in [1.82, 2.24) is 10.2 Å². The number of benzene rings is 1. The Morgan fingerprint density at radius 2 is 1.67 bits per heavy atom. The van der Waals surface area contributed by atoms with E-state index in [4.69, 9.17) is 5.11 Å². The second kappa shape index (κ2) is 7.25. The maximum atomic E-state index is 12.2. The molecule has 1 unspecified atom stereocenters. The highest BCUT2D eigenvalue weighted by Gasteiger charge is 2.36. The van der Waals surface area contributed by atoms with Crippen molar-refractivity contribution in [3.05, 3.63) is 35.4 Å². The number of carboxylic acid groups (broad SMARTS) is 1. The third-order valence-corrected chi connectivity index (χ3v) is 3.83. The lowest BCUT2D eigenvalue weighted by atomic mass is 9.97. The Hall–Kier alpha value is -2.70. The SMILES string of the molecule is CC(C)CC(CNC(=O)CN1C(=O)c2ccccc2C1=O)C(=O)O. The lowest BCUT2D eigenvalue weighted by molar-refractivity contribution is -0.142. The number of amides is 3. The molecule has 0 saturated heterocycles. The van der Waals surface area contributed by atoms with Crippen molar-refractivity contribution in [2.24, 2.45) is 11.8 Å². The lowest BCUT2D eigenvalue weighted by Gasteiger charge is -2.17. The third-order valence-electron chi connectivity index (χ3n) is 3.83. The first-order valence-electron chi connectivity index (χ1n) is 7.76. The van der Waals surface area contributed by atoms with E-state index in [-0.39, 0.29) is 23.6 Å². The predicted molar refractivity (Wildman–Crippen MR) is 85.4 cm³/mol. The van der Waals surface area contributed by atoms with Crippen LogP contribution in [0.4, 0.5) is 0 Å². The second-order valence-corrected chi connectivity index (χ2v) is 6.21. The van der Waals surface area contributed by atoms with Gasteiger partial charge in [0, 0.05) is 6.54 Å². The molecule has 1 aliphatic heterocycles. The summed E-state index contributed by atoms with van der Waals surface area (Å²) in [6.07, 6.45) is 0.433. The van der Waals surface area contributed by atoms with Crippen LogP contribution in [0.3, 0.4) is 0 Å². The summed E-state index contributed by atoms with van der Waals surface area (Å²) in [6, 6.07) is 6.38. The van der Waals surface area contributed by atoms with E-state index in [2.05, 4.69) is 5.32 Å². The Morgan fingerprint density at radius 3 is 2.12 bits per heavy atom. The summed E-state index contributed by atoms with van der Waals surface area (Å²) in [7, 11) is 0. The number of carboxylic acids is 1. The van der Waals surface area contributed by atoms with Crippen LogP contribution in [0.5, 0.6) is 0 Å². The van der Waals surface area contributed by atoms with Crippen molar-refractivity contribution in [1.29, 1.82) is 0 Å². The zero-order valence-corrected chi connectivity index (χ0v) is 13.6. The molecule has 1 aliphatic rings. The summed E-state index contributed by atoms with van der Waals surface area (Å²) in [4.78, 5) is 48.4. The zero-order chi connectivity index (χ0) is 17.9. The molecule has 0 radical (unpaired) electrons. The number of nitrogens with one attached hydrogen (secondary N) is 1. The minimum atomic E-state index is -0.982. The van der Waals surface area contributed by atoms with Crippen LogP contribution in [0.25, 0.3) is 0 Å². The van der Waals surface area contributed by atoms with Gasteiger partial charge < -0.3 is 10.4 Å². The smallest absolute Gasteiger partial charge is 0.308 e. The van der Waals surface area contributed by atoms with Gasteiger partial charge in [0.25, 0.3) is 11.8 Å². The maximum absolute atomic E-state index is 12.2. The number of imide groups is 1. The number of fused-ring (bicyclic) bond motifs is 1. The van der Waals surface area contributed by atoms with Crippen LogP contribution in [0.2, 0.25) is 0 Å². The van der Waals surface area contributed by atoms with Crippen molar-refractivity contribution in [2.75, 3.05) is 13.1 Å². The van der Waals surface area contributed by atoms with Gasteiger partial charge in [0.05, 0.1) is 17.0 Å². The molecule has 1 aromatic carbocycles. The Balaban J connectivity index is 1.95. The first-order chi connectivity index (χ1) is 11.3. The Bertz CT molecular complexity index is 648. The molecule has 0 spiro atoms. The Labute approximate surface area is 139 Å². The van der Waals surface area contributed by atoms with Gasteiger partial charge >= 0.3 is 5.97 Å². The van der Waals surface area contributed by atoms with Crippen molar-refractivity contribution in [3.8, 4) is 0 Å². The summed E-state index contributed by atoms with van der Waals surface area (Å²) in [6.45, 7) is 3.35. The molecule has 0 aliphatic carbocycles. The fourth-order valence-electron chi connectivity index (χ4n) is 2.66. The topological polar surface area (TPSA) is 104 Å². The standard InChI is InChI=1S/C17H20N2O5/c1-10(2)7-11(17(23)24)8-18-14(20)9-19-15(21)12-5-3-4-6-13(12)16(19)22/h3-6,10-11H,7-9H2,1-2H3,(H,18,20)(H,23,24). The van der Waals surface area contributed by atoms with Crippen molar-refractivity contribution < 1.29 is 24.3 Å². The molecule has 2 N–H and O–H groups in total. The zero-order valence-electron chi connectivity index (χ0n) is 13.6. The molecule has 7 nitrogen and oxygen atoms in total. The van der Waals surface area contributed by atoms with Crippen LogP contribution in [-0.4, -0.2) is 46.8 Å². The summed E-state index contributed by atoms with van der Waals surface area (Å²) in [5.74, 6) is -3.08.